The maximum atomic E-state index is 12.5. The van der Waals surface area contributed by atoms with Crippen molar-refractivity contribution in [2.45, 2.75) is 26.2 Å². The zero-order valence-electron chi connectivity index (χ0n) is 24.3. The van der Waals surface area contributed by atoms with E-state index in [1.54, 1.807) is 30.3 Å². The minimum Gasteiger partial charge on any atom is -0.494 e. The molecule has 5 aromatic rings. The number of nitrogens with one attached hydrogen (secondary N) is 1. The summed E-state index contributed by atoms with van der Waals surface area (Å²) in [5, 5.41) is 10.8. The average Bonchev–Trinajstić information content (AvgIpc) is 3.56. The summed E-state index contributed by atoms with van der Waals surface area (Å²) in [6, 6.07) is 28.6. The van der Waals surface area contributed by atoms with Crippen LogP contribution in [0.5, 0.6) is 5.75 Å². The fourth-order valence-corrected chi connectivity index (χ4v) is 6.62. The summed E-state index contributed by atoms with van der Waals surface area (Å²) in [4.78, 5) is 4.96. The number of halogens is 2. The number of rotatable bonds is 10. The first-order valence-electron chi connectivity index (χ1n) is 14.4. The Kier molecular flexibility index (Phi) is 8.76. The standard InChI is InChI=1S/C34H30Cl2N4O4S/c1-2-3-16-44-29-9-4-6-25(18-29)24-12-10-23(11-13-24)17-33-37-32(30-15-14-26(35)19-31(30)36)21-39(33)27-7-5-8-28(20-27)40-22-34(41)38-45(40,42)43/h4-15,18-22,38,41H,2-3,16-17H2,1H3. The van der Waals surface area contributed by atoms with Gasteiger partial charge >= 0.3 is 10.2 Å². The highest BCUT2D eigenvalue weighted by molar-refractivity contribution is 7.91. The zero-order valence-corrected chi connectivity index (χ0v) is 26.6. The lowest BCUT2D eigenvalue weighted by Crippen LogP contribution is -2.29. The highest BCUT2D eigenvalue weighted by atomic mass is 35.5. The molecule has 6 rings (SSSR count). The van der Waals surface area contributed by atoms with Crippen LogP contribution >= 0.6 is 23.2 Å². The van der Waals surface area contributed by atoms with Crippen LogP contribution in [0.15, 0.2) is 109 Å². The molecule has 1 aliphatic rings. The third kappa shape index (κ3) is 6.81. The van der Waals surface area contributed by atoms with Gasteiger partial charge in [-0.3, -0.25) is 0 Å². The van der Waals surface area contributed by atoms with Gasteiger partial charge in [-0.05, 0) is 71.6 Å². The van der Waals surface area contributed by atoms with Gasteiger partial charge in [0.25, 0.3) is 0 Å². The molecule has 0 fully saturated rings. The van der Waals surface area contributed by atoms with Crippen LogP contribution in [-0.4, -0.2) is 29.7 Å². The molecule has 0 bridgehead atoms. The molecule has 0 saturated heterocycles. The third-order valence-corrected chi connectivity index (χ3v) is 9.18. The third-order valence-electron chi connectivity index (χ3n) is 7.33. The van der Waals surface area contributed by atoms with E-state index in [0.717, 1.165) is 45.8 Å². The van der Waals surface area contributed by atoms with Gasteiger partial charge < -0.3 is 14.4 Å². The normalized spacial score (nSPS) is 13.8. The van der Waals surface area contributed by atoms with Crippen molar-refractivity contribution in [1.29, 1.82) is 0 Å². The number of hydrogen-bond acceptors (Lipinski definition) is 5. The number of ether oxygens (including phenoxy) is 1. The fourth-order valence-electron chi connectivity index (χ4n) is 5.07. The lowest BCUT2D eigenvalue weighted by atomic mass is 10.0. The van der Waals surface area contributed by atoms with E-state index in [2.05, 4.69) is 48.0 Å². The van der Waals surface area contributed by atoms with Crippen LogP contribution in [0.4, 0.5) is 5.69 Å². The predicted octanol–water partition coefficient (Wildman–Crippen LogP) is 8.29. The summed E-state index contributed by atoms with van der Waals surface area (Å²) < 4.78 is 36.0. The van der Waals surface area contributed by atoms with Crippen LogP contribution in [0.3, 0.4) is 0 Å². The van der Waals surface area contributed by atoms with Gasteiger partial charge in [-0.1, -0.05) is 79.0 Å². The SMILES string of the molecule is CCCCOc1cccc(-c2ccc(Cc3nc(-c4ccc(Cl)cc4Cl)cn3-c3cccc(N4C=C(O)NS4(=O)=O)c3)cc2)c1. The zero-order chi connectivity index (χ0) is 31.6. The van der Waals surface area contributed by atoms with Gasteiger partial charge in [0.1, 0.15) is 11.6 Å². The number of hydrogen-bond donors (Lipinski definition) is 2. The van der Waals surface area contributed by atoms with E-state index in [4.69, 9.17) is 32.9 Å². The van der Waals surface area contributed by atoms with Crippen molar-refractivity contribution >= 4 is 39.1 Å². The Morgan fingerprint density at radius 1 is 0.911 bits per heavy atom. The van der Waals surface area contributed by atoms with Crippen LogP contribution in [-0.2, 0) is 16.6 Å². The van der Waals surface area contributed by atoms with Crippen molar-refractivity contribution < 1.29 is 18.3 Å². The van der Waals surface area contributed by atoms with E-state index in [9.17, 15) is 13.5 Å². The number of aromatic nitrogens is 2. The first-order chi connectivity index (χ1) is 21.7. The number of anilines is 1. The number of imidazole rings is 1. The molecule has 0 amide bonds. The molecule has 230 valence electrons. The van der Waals surface area contributed by atoms with Crippen molar-refractivity contribution in [2.75, 3.05) is 10.9 Å². The number of nitrogens with zero attached hydrogens (tertiary/aromatic N) is 3. The highest BCUT2D eigenvalue weighted by Gasteiger charge is 2.29. The molecule has 1 aromatic heterocycles. The second-order valence-corrected chi connectivity index (χ2v) is 13.0. The van der Waals surface area contributed by atoms with E-state index in [1.807, 2.05) is 35.0 Å². The van der Waals surface area contributed by atoms with E-state index in [1.165, 1.54) is 0 Å². The summed E-state index contributed by atoms with van der Waals surface area (Å²) in [7, 11) is -3.95. The molecule has 0 radical (unpaired) electrons. The van der Waals surface area contributed by atoms with Gasteiger partial charge in [0.2, 0.25) is 5.88 Å². The minimum absolute atomic E-state index is 0.347. The molecule has 1 aliphatic heterocycles. The van der Waals surface area contributed by atoms with Gasteiger partial charge in [0.05, 0.1) is 29.2 Å². The van der Waals surface area contributed by atoms with E-state index in [0.29, 0.717) is 51.5 Å². The Morgan fingerprint density at radius 2 is 1.69 bits per heavy atom. The van der Waals surface area contributed by atoms with Crippen molar-refractivity contribution in [3.8, 4) is 33.8 Å². The average molecular weight is 662 g/mol. The van der Waals surface area contributed by atoms with Gasteiger partial charge in [0, 0.05) is 28.9 Å². The Balaban J connectivity index is 1.34. The molecule has 8 nitrogen and oxygen atoms in total. The second kappa shape index (κ2) is 12.9. The molecule has 4 aromatic carbocycles. The van der Waals surface area contributed by atoms with Crippen LogP contribution in [0, 0.1) is 0 Å². The molecule has 0 atom stereocenters. The molecule has 0 spiro atoms. The molecular formula is C34H30Cl2N4O4S. The quantitative estimate of drug-likeness (QED) is 0.147. The van der Waals surface area contributed by atoms with E-state index in [-0.39, 0.29) is 0 Å². The number of aliphatic hydroxyl groups excluding tert-OH is 1. The Labute approximate surface area is 272 Å². The fraction of sp³-hybridized carbons (Fsp3) is 0.147. The molecular weight excluding hydrogens is 631 g/mol. The topological polar surface area (TPSA) is 96.7 Å². The largest absolute Gasteiger partial charge is 0.494 e. The highest BCUT2D eigenvalue weighted by Crippen LogP contribution is 2.33. The maximum absolute atomic E-state index is 12.5. The number of aliphatic hydroxyl groups is 1. The monoisotopic (exact) mass is 660 g/mol. The Morgan fingerprint density at radius 3 is 2.42 bits per heavy atom. The summed E-state index contributed by atoms with van der Waals surface area (Å²) in [5.41, 5.74) is 5.55. The van der Waals surface area contributed by atoms with Crippen molar-refractivity contribution in [3.63, 3.8) is 0 Å². The molecule has 11 heteroatoms. The Hall–Kier alpha value is -4.44. The first kappa shape index (κ1) is 30.6. The summed E-state index contributed by atoms with van der Waals surface area (Å²) in [6.45, 7) is 2.84. The lowest BCUT2D eigenvalue weighted by Gasteiger charge is -2.16. The van der Waals surface area contributed by atoms with Gasteiger partial charge in [0.15, 0.2) is 0 Å². The van der Waals surface area contributed by atoms with Crippen molar-refractivity contribution in [2.24, 2.45) is 0 Å². The maximum Gasteiger partial charge on any atom is 0.330 e. The number of unbranched alkanes of at least 4 members (excludes halogenated alkanes) is 1. The molecule has 2 N–H and O–H groups in total. The summed E-state index contributed by atoms with van der Waals surface area (Å²) in [6.07, 6.45) is 5.57. The van der Waals surface area contributed by atoms with Crippen LogP contribution in [0.25, 0.3) is 28.1 Å². The van der Waals surface area contributed by atoms with Gasteiger partial charge in [-0.2, -0.15) is 8.42 Å². The van der Waals surface area contributed by atoms with Gasteiger partial charge in [-0.25, -0.2) is 14.0 Å². The molecule has 0 aliphatic carbocycles. The smallest absolute Gasteiger partial charge is 0.330 e. The summed E-state index contributed by atoms with van der Waals surface area (Å²) >= 11 is 12.7. The molecule has 45 heavy (non-hydrogen) atoms. The van der Waals surface area contributed by atoms with E-state index < -0.39 is 16.1 Å². The molecule has 2 heterocycles. The van der Waals surface area contributed by atoms with Crippen molar-refractivity contribution in [1.82, 2.24) is 14.3 Å². The van der Waals surface area contributed by atoms with Gasteiger partial charge in [-0.15, -0.1) is 0 Å². The van der Waals surface area contributed by atoms with E-state index >= 15 is 0 Å². The van der Waals surface area contributed by atoms with Crippen LogP contribution in [0.1, 0.15) is 31.2 Å². The predicted molar refractivity (Wildman–Crippen MR) is 179 cm³/mol. The van der Waals surface area contributed by atoms with Crippen LogP contribution < -0.4 is 13.8 Å². The lowest BCUT2D eigenvalue weighted by molar-refractivity contribution is 0.309. The minimum atomic E-state index is -3.95. The summed E-state index contributed by atoms with van der Waals surface area (Å²) in [5.74, 6) is 1.11. The van der Waals surface area contributed by atoms with Crippen LogP contribution in [0.2, 0.25) is 10.0 Å². The molecule has 0 unspecified atom stereocenters. The number of benzene rings is 4. The Bertz CT molecular complexity index is 1990. The van der Waals surface area contributed by atoms with Crippen molar-refractivity contribution in [3.05, 3.63) is 131 Å². The second-order valence-electron chi connectivity index (χ2n) is 10.6. The first-order valence-corrected chi connectivity index (χ1v) is 16.6. The molecule has 0 saturated carbocycles.